The fourth-order valence-corrected chi connectivity index (χ4v) is 4.88. The molecule has 1 saturated carbocycles. The number of nitrogens with zero attached hydrogens (tertiary/aromatic N) is 1. The van der Waals surface area contributed by atoms with E-state index in [1.807, 2.05) is 11.3 Å². The van der Waals surface area contributed by atoms with Crippen LogP contribution in [0.2, 0.25) is 0 Å². The second-order valence-electron chi connectivity index (χ2n) is 6.36. The Kier molecular flexibility index (Phi) is 6.27. The summed E-state index contributed by atoms with van der Waals surface area (Å²) < 4.78 is 0. The molecular weight excluding hydrogens is 276 g/mol. The van der Waals surface area contributed by atoms with Gasteiger partial charge >= 0.3 is 0 Å². The van der Waals surface area contributed by atoms with Crippen LogP contribution in [0.4, 0.5) is 0 Å². The second-order valence-corrected chi connectivity index (χ2v) is 7.48. The summed E-state index contributed by atoms with van der Waals surface area (Å²) >= 11 is 1.89. The molecule has 1 aromatic heterocycles. The number of rotatable bonds is 8. The average molecular weight is 309 g/mol. The predicted octanol–water partition coefficient (Wildman–Crippen LogP) is 4.75. The van der Waals surface area contributed by atoms with E-state index in [1.165, 1.54) is 42.5 Å². The van der Waals surface area contributed by atoms with Gasteiger partial charge in [-0.2, -0.15) is 0 Å². The number of likely N-dealkylation sites (N-methyl/N-ethyl adjacent to an activating group) is 1. The molecule has 3 heteroatoms. The zero-order valence-electron chi connectivity index (χ0n) is 14.2. The summed E-state index contributed by atoms with van der Waals surface area (Å²) in [5.74, 6) is 0. The van der Waals surface area contributed by atoms with Gasteiger partial charge in [-0.25, -0.2) is 0 Å². The lowest BCUT2D eigenvalue weighted by molar-refractivity contribution is 0.0627. The molecule has 1 heterocycles. The van der Waals surface area contributed by atoms with Crippen molar-refractivity contribution in [1.82, 2.24) is 10.2 Å². The van der Waals surface area contributed by atoms with Crippen molar-refractivity contribution in [2.45, 2.75) is 71.4 Å². The molecule has 0 bridgehead atoms. The highest BCUT2D eigenvalue weighted by Gasteiger charge is 2.45. The van der Waals surface area contributed by atoms with Gasteiger partial charge in [-0.05, 0) is 62.8 Å². The molecule has 0 aromatic carbocycles. The normalized spacial score (nSPS) is 19.3. The van der Waals surface area contributed by atoms with Crippen molar-refractivity contribution in [3.63, 3.8) is 0 Å². The molecule has 2 rings (SSSR count). The third-order valence-corrected chi connectivity index (χ3v) is 5.96. The van der Waals surface area contributed by atoms with Gasteiger partial charge in [0.2, 0.25) is 0 Å². The summed E-state index contributed by atoms with van der Waals surface area (Å²) in [5.41, 5.74) is 1.84. The second kappa shape index (κ2) is 7.75. The molecule has 1 N–H and O–H groups in total. The predicted molar refractivity (Wildman–Crippen MR) is 94.2 cm³/mol. The molecule has 0 spiro atoms. The van der Waals surface area contributed by atoms with E-state index >= 15 is 0 Å². The van der Waals surface area contributed by atoms with Gasteiger partial charge in [0, 0.05) is 10.4 Å². The summed E-state index contributed by atoms with van der Waals surface area (Å²) in [6.45, 7) is 12.6. The van der Waals surface area contributed by atoms with Gasteiger partial charge in [-0.15, -0.1) is 11.3 Å². The van der Waals surface area contributed by atoms with E-state index in [1.54, 1.807) is 0 Å². The highest BCUT2D eigenvalue weighted by Crippen LogP contribution is 2.45. The summed E-state index contributed by atoms with van der Waals surface area (Å²) in [4.78, 5) is 4.15. The van der Waals surface area contributed by atoms with Crippen molar-refractivity contribution >= 4 is 11.3 Å². The highest BCUT2D eigenvalue weighted by molar-refractivity contribution is 7.10. The lowest BCUT2D eigenvalue weighted by Gasteiger charge is -2.46. The molecule has 1 aliphatic rings. The van der Waals surface area contributed by atoms with Crippen LogP contribution in [0.5, 0.6) is 0 Å². The molecule has 2 nitrogen and oxygen atoms in total. The Morgan fingerprint density at radius 3 is 2.38 bits per heavy atom. The minimum absolute atomic E-state index is 0.326. The van der Waals surface area contributed by atoms with E-state index < -0.39 is 0 Å². The van der Waals surface area contributed by atoms with E-state index in [-0.39, 0.29) is 0 Å². The molecule has 1 aliphatic carbocycles. The first-order chi connectivity index (χ1) is 10.2. The van der Waals surface area contributed by atoms with Crippen LogP contribution in [-0.2, 0) is 0 Å². The van der Waals surface area contributed by atoms with E-state index in [0.29, 0.717) is 11.6 Å². The minimum Gasteiger partial charge on any atom is -0.308 e. The molecular formula is C18H32N2S. The molecule has 1 aromatic rings. The lowest BCUT2D eigenvalue weighted by atomic mass is 9.82. The number of thiophene rings is 1. The number of aryl methyl sites for hydroxylation is 1. The maximum Gasteiger partial charge on any atom is 0.0515 e. The molecule has 1 atom stereocenters. The van der Waals surface area contributed by atoms with Crippen LogP contribution >= 0.6 is 11.3 Å². The first-order valence-corrected chi connectivity index (χ1v) is 9.59. The molecule has 21 heavy (non-hydrogen) atoms. The molecule has 0 radical (unpaired) electrons. The Morgan fingerprint density at radius 2 is 1.90 bits per heavy atom. The number of hydrogen-bond donors (Lipinski definition) is 1. The van der Waals surface area contributed by atoms with Crippen molar-refractivity contribution in [2.24, 2.45) is 0 Å². The lowest BCUT2D eigenvalue weighted by Crippen LogP contribution is -2.55. The van der Waals surface area contributed by atoms with Gasteiger partial charge in [0.15, 0.2) is 0 Å². The van der Waals surface area contributed by atoms with Crippen molar-refractivity contribution in [3.8, 4) is 0 Å². The molecule has 0 aliphatic heterocycles. The fourth-order valence-electron chi connectivity index (χ4n) is 4.15. The standard InChI is InChI=1S/C18H32N2S/c1-5-12-19-17(16-13-15(4)21-14-16)18(10-8-9-11-18)20(6-2)7-3/h13-14,17,19H,5-12H2,1-4H3. The van der Waals surface area contributed by atoms with Crippen LogP contribution in [0.15, 0.2) is 11.4 Å². The van der Waals surface area contributed by atoms with Gasteiger partial charge in [-0.1, -0.05) is 33.6 Å². The van der Waals surface area contributed by atoms with E-state index in [0.717, 1.165) is 19.6 Å². The molecule has 0 saturated heterocycles. The van der Waals surface area contributed by atoms with Crippen molar-refractivity contribution < 1.29 is 0 Å². The zero-order chi connectivity index (χ0) is 15.3. The van der Waals surface area contributed by atoms with Crippen molar-refractivity contribution in [2.75, 3.05) is 19.6 Å². The minimum atomic E-state index is 0.326. The number of hydrogen-bond acceptors (Lipinski definition) is 3. The maximum atomic E-state index is 3.90. The van der Waals surface area contributed by atoms with E-state index in [9.17, 15) is 0 Å². The summed E-state index contributed by atoms with van der Waals surface area (Å²) in [5, 5.41) is 6.28. The van der Waals surface area contributed by atoms with Crippen LogP contribution in [0.3, 0.4) is 0 Å². The van der Waals surface area contributed by atoms with Gasteiger partial charge in [0.1, 0.15) is 0 Å². The van der Waals surface area contributed by atoms with E-state index in [4.69, 9.17) is 0 Å². The highest BCUT2D eigenvalue weighted by atomic mass is 32.1. The van der Waals surface area contributed by atoms with Crippen LogP contribution in [0, 0.1) is 6.92 Å². The Morgan fingerprint density at radius 1 is 1.24 bits per heavy atom. The quantitative estimate of drug-likeness (QED) is 0.745. The van der Waals surface area contributed by atoms with Crippen molar-refractivity contribution in [1.29, 1.82) is 0 Å². The summed E-state index contributed by atoms with van der Waals surface area (Å²) in [7, 11) is 0. The van der Waals surface area contributed by atoms with Crippen LogP contribution in [-0.4, -0.2) is 30.1 Å². The Labute approximate surface area is 134 Å². The average Bonchev–Trinajstić information content (AvgIpc) is 3.11. The SMILES string of the molecule is CCCNC(c1csc(C)c1)C1(N(CC)CC)CCCC1. The van der Waals surface area contributed by atoms with Gasteiger partial charge in [0.05, 0.1) is 6.04 Å². The van der Waals surface area contributed by atoms with Crippen molar-refractivity contribution in [3.05, 3.63) is 21.9 Å². The third-order valence-electron chi connectivity index (χ3n) is 5.08. The Balaban J connectivity index is 2.35. The van der Waals surface area contributed by atoms with Crippen LogP contribution < -0.4 is 5.32 Å². The van der Waals surface area contributed by atoms with Gasteiger partial charge in [-0.3, -0.25) is 4.90 Å². The monoisotopic (exact) mass is 308 g/mol. The first kappa shape index (κ1) is 17.0. The smallest absolute Gasteiger partial charge is 0.0515 e. The molecule has 120 valence electrons. The van der Waals surface area contributed by atoms with E-state index in [2.05, 4.69) is 49.4 Å². The number of nitrogens with one attached hydrogen (secondary N) is 1. The Hall–Kier alpha value is -0.380. The first-order valence-electron chi connectivity index (χ1n) is 8.71. The summed E-state index contributed by atoms with van der Waals surface area (Å²) in [6.07, 6.45) is 6.64. The topological polar surface area (TPSA) is 15.3 Å². The van der Waals surface area contributed by atoms with Gasteiger partial charge in [0.25, 0.3) is 0 Å². The Bertz CT molecular complexity index is 417. The maximum absolute atomic E-state index is 3.90. The summed E-state index contributed by atoms with van der Waals surface area (Å²) in [6, 6.07) is 2.89. The third kappa shape index (κ3) is 3.52. The largest absolute Gasteiger partial charge is 0.308 e. The molecule has 0 amide bonds. The fraction of sp³-hybridized carbons (Fsp3) is 0.778. The molecule has 1 unspecified atom stereocenters. The van der Waals surface area contributed by atoms with Crippen LogP contribution in [0.1, 0.15) is 69.4 Å². The molecule has 1 fully saturated rings. The van der Waals surface area contributed by atoms with Gasteiger partial charge < -0.3 is 5.32 Å². The zero-order valence-corrected chi connectivity index (χ0v) is 15.1. The van der Waals surface area contributed by atoms with Crippen LogP contribution in [0.25, 0.3) is 0 Å².